The van der Waals surface area contributed by atoms with Crippen LogP contribution in [-0.4, -0.2) is 56.0 Å². The summed E-state index contributed by atoms with van der Waals surface area (Å²) >= 11 is 0. The molecule has 0 unspecified atom stereocenters. The first-order valence-electron chi connectivity index (χ1n) is 9.28. The molecule has 1 aliphatic rings. The van der Waals surface area contributed by atoms with E-state index >= 15 is 0 Å². The van der Waals surface area contributed by atoms with Crippen LogP contribution in [0.3, 0.4) is 0 Å². The van der Waals surface area contributed by atoms with Gasteiger partial charge in [-0.1, -0.05) is 5.16 Å². The van der Waals surface area contributed by atoms with Crippen LogP contribution in [0.4, 0.5) is 0 Å². The highest BCUT2D eigenvalue weighted by molar-refractivity contribution is 5.62. The zero-order valence-corrected chi connectivity index (χ0v) is 15.6. The fourth-order valence-corrected chi connectivity index (χ4v) is 3.26. The van der Waals surface area contributed by atoms with Crippen molar-refractivity contribution in [3.8, 4) is 34.3 Å². The Morgan fingerprint density at radius 2 is 2.14 bits per heavy atom. The van der Waals surface area contributed by atoms with Gasteiger partial charge in [-0.2, -0.15) is 4.98 Å². The molecule has 0 spiro atoms. The number of aromatic hydroxyl groups is 1. The van der Waals surface area contributed by atoms with E-state index in [2.05, 4.69) is 20.0 Å². The minimum atomic E-state index is -0.255. The number of nitrogens with zero attached hydrogens (tertiary/aromatic N) is 4. The Bertz CT molecular complexity index is 959. The summed E-state index contributed by atoms with van der Waals surface area (Å²) in [5, 5.41) is 23.6. The molecule has 8 nitrogen and oxygen atoms in total. The van der Waals surface area contributed by atoms with Crippen molar-refractivity contribution in [2.45, 2.75) is 26.0 Å². The fraction of sp³-hybridized carbons (Fsp3) is 0.350. The molecule has 0 radical (unpaired) electrons. The fourth-order valence-electron chi connectivity index (χ4n) is 3.26. The molecule has 1 aromatic carbocycles. The highest BCUT2D eigenvalue weighted by Crippen LogP contribution is 2.32. The zero-order valence-electron chi connectivity index (χ0n) is 15.6. The van der Waals surface area contributed by atoms with E-state index in [1.165, 1.54) is 0 Å². The molecule has 8 heteroatoms. The molecule has 1 aliphatic heterocycles. The second kappa shape index (κ2) is 7.95. The molecule has 0 amide bonds. The van der Waals surface area contributed by atoms with E-state index in [1.54, 1.807) is 24.4 Å². The summed E-state index contributed by atoms with van der Waals surface area (Å²) < 4.78 is 10.8. The number of aromatic nitrogens is 3. The molecule has 0 saturated carbocycles. The highest BCUT2D eigenvalue weighted by atomic mass is 16.5. The minimum Gasteiger partial charge on any atom is -0.504 e. The van der Waals surface area contributed by atoms with Gasteiger partial charge in [0.1, 0.15) is 0 Å². The number of rotatable bonds is 6. The summed E-state index contributed by atoms with van der Waals surface area (Å²) in [6.45, 7) is 4.50. The predicted molar refractivity (Wildman–Crippen MR) is 102 cm³/mol. The van der Waals surface area contributed by atoms with E-state index in [-0.39, 0.29) is 11.9 Å². The van der Waals surface area contributed by atoms with E-state index in [1.807, 2.05) is 19.1 Å². The van der Waals surface area contributed by atoms with Gasteiger partial charge in [0.25, 0.3) is 5.89 Å². The van der Waals surface area contributed by atoms with Gasteiger partial charge in [-0.3, -0.25) is 9.88 Å². The van der Waals surface area contributed by atoms with Crippen LogP contribution < -0.4 is 4.74 Å². The molecule has 2 aromatic heterocycles. The molecule has 1 fully saturated rings. The molecule has 3 aromatic rings. The van der Waals surface area contributed by atoms with Gasteiger partial charge in [0.05, 0.1) is 18.4 Å². The van der Waals surface area contributed by atoms with Gasteiger partial charge in [-0.25, -0.2) is 0 Å². The maximum atomic E-state index is 9.84. The van der Waals surface area contributed by atoms with Crippen molar-refractivity contribution >= 4 is 0 Å². The van der Waals surface area contributed by atoms with Gasteiger partial charge >= 0.3 is 0 Å². The number of phenols is 1. The average Bonchev–Trinajstić information content (AvgIpc) is 3.33. The van der Waals surface area contributed by atoms with Crippen LogP contribution in [-0.2, 0) is 6.54 Å². The summed E-state index contributed by atoms with van der Waals surface area (Å²) in [7, 11) is 0. The Morgan fingerprint density at radius 1 is 1.25 bits per heavy atom. The number of aliphatic hydroxyl groups is 1. The van der Waals surface area contributed by atoms with Gasteiger partial charge in [0.2, 0.25) is 5.82 Å². The lowest BCUT2D eigenvalue weighted by Gasteiger charge is -2.14. The predicted octanol–water partition coefficient (Wildman–Crippen LogP) is 2.47. The van der Waals surface area contributed by atoms with E-state index in [9.17, 15) is 10.2 Å². The number of β-amino-alcohol motifs (C(OH)–C–C–N with tert-alkyl or cyclic N) is 1. The molecule has 1 atom stereocenters. The van der Waals surface area contributed by atoms with Gasteiger partial charge in [-0.05, 0) is 43.7 Å². The summed E-state index contributed by atoms with van der Waals surface area (Å²) in [6, 6.07) is 8.68. The Morgan fingerprint density at radius 3 is 2.93 bits per heavy atom. The average molecular weight is 382 g/mol. The third-order valence-corrected chi connectivity index (χ3v) is 4.64. The number of ether oxygens (including phenoxy) is 1. The van der Waals surface area contributed by atoms with Crippen LogP contribution in [0.1, 0.15) is 19.0 Å². The van der Waals surface area contributed by atoms with Crippen LogP contribution in [0.25, 0.3) is 22.8 Å². The number of likely N-dealkylation sites (tertiary alicyclic amines) is 1. The second-order valence-electron chi connectivity index (χ2n) is 6.75. The third kappa shape index (κ3) is 3.97. The van der Waals surface area contributed by atoms with Crippen LogP contribution in [0.15, 0.2) is 41.1 Å². The van der Waals surface area contributed by atoms with Crippen molar-refractivity contribution in [2.24, 2.45) is 0 Å². The lowest BCUT2D eigenvalue weighted by molar-refractivity contribution is 0.174. The van der Waals surface area contributed by atoms with Crippen molar-refractivity contribution in [3.63, 3.8) is 0 Å². The van der Waals surface area contributed by atoms with Gasteiger partial charge in [0, 0.05) is 37.0 Å². The Hall–Kier alpha value is -2.97. The Labute approximate surface area is 162 Å². The van der Waals surface area contributed by atoms with E-state index < -0.39 is 0 Å². The highest BCUT2D eigenvalue weighted by Gasteiger charge is 2.21. The Balaban J connectivity index is 1.54. The molecule has 3 heterocycles. The van der Waals surface area contributed by atoms with Gasteiger partial charge in [0.15, 0.2) is 11.5 Å². The van der Waals surface area contributed by atoms with Crippen molar-refractivity contribution in [1.29, 1.82) is 0 Å². The van der Waals surface area contributed by atoms with Crippen molar-refractivity contribution in [1.82, 2.24) is 20.0 Å². The molecule has 4 rings (SSSR count). The minimum absolute atomic E-state index is 0.0659. The summed E-state index contributed by atoms with van der Waals surface area (Å²) in [4.78, 5) is 11.0. The summed E-state index contributed by atoms with van der Waals surface area (Å²) in [6.07, 6.45) is 2.26. The largest absolute Gasteiger partial charge is 0.504 e. The first-order valence-corrected chi connectivity index (χ1v) is 9.28. The topological polar surface area (TPSA) is 105 Å². The van der Waals surface area contributed by atoms with E-state index in [4.69, 9.17) is 9.26 Å². The second-order valence-corrected chi connectivity index (χ2v) is 6.75. The first-order chi connectivity index (χ1) is 13.6. The summed E-state index contributed by atoms with van der Waals surface area (Å²) in [5.41, 5.74) is 2.37. The van der Waals surface area contributed by atoms with Crippen LogP contribution in [0, 0.1) is 0 Å². The number of phenolic OH excluding ortho intramolecular Hbond substituents is 1. The molecule has 1 saturated heterocycles. The SMILES string of the molecule is CCOc1cc(-c2nc(-c3ccnc(CN4CC[C@@H](O)C4)c3)no2)ccc1O. The number of hydrogen-bond donors (Lipinski definition) is 2. The molecule has 2 N–H and O–H groups in total. The van der Waals surface area contributed by atoms with Crippen molar-refractivity contribution in [3.05, 3.63) is 42.2 Å². The molecule has 28 heavy (non-hydrogen) atoms. The molecular formula is C20H22N4O4. The number of aliphatic hydroxyl groups excluding tert-OH is 1. The van der Waals surface area contributed by atoms with E-state index in [0.717, 1.165) is 24.2 Å². The standard InChI is InChI=1S/C20H22N4O4/c1-2-27-18-10-14(3-4-17(18)26)20-22-19(23-28-20)13-5-7-21-15(9-13)11-24-8-6-16(25)12-24/h3-5,7,9-10,16,25-26H,2,6,8,11-12H2,1H3/t16-/m1/s1. The summed E-state index contributed by atoms with van der Waals surface area (Å²) in [5.74, 6) is 1.25. The molecule has 0 aliphatic carbocycles. The van der Waals surface area contributed by atoms with Gasteiger partial charge in [-0.15, -0.1) is 0 Å². The number of hydrogen-bond acceptors (Lipinski definition) is 8. The third-order valence-electron chi connectivity index (χ3n) is 4.64. The van der Waals surface area contributed by atoms with Crippen LogP contribution >= 0.6 is 0 Å². The number of benzene rings is 1. The monoisotopic (exact) mass is 382 g/mol. The maximum Gasteiger partial charge on any atom is 0.258 e. The van der Waals surface area contributed by atoms with Gasteiger partial charge < -0.3 is 19.5 Å². The lowest BCUT2D eigenvalue weighted by Crippen LogP contribution is -2.22. The van der Waals surface area contributed by atoms with E-state index in [0.29, 0.717) is 42.7 Å². The maximum absolute atomic E-state index is 9.84. The van der Waals surface area contributed by atoms with Crippen molar-refractivity contribution < 1.29 is 19.5 Å². The smallest absolute Gasteiger partial charge is 0.258 e. The number of pyridine rings is 1. The quantitative estimate of drug-likeness (QED) is 0.670. The molecule has 0 bridgehead atoms. The van der Waals surface area contributed by atoms with Crippen LogP contribution in [0.5, 0.6) is 11.5 Å². The Kier molecular flexibility index (Phi) is 5.23. The first kappa shape index (κ1) is 18.4. The zero-order chi connectivity index (χ0) is 19.5. The normalized spacial score (nSPS) is 17.1. The van der Waals surface area contributed by atoms with Crippen LogP contribution in [0.2, 0.25) is 0 Å². The van der Waals surface area contributed by atoms with Crippen molar-refractivity contribution in [2.75, 3.05) is 19.7 Å². The molecular weight excluding hydrogens is 360 g/mol. The lowest BCUT2D eigenvalue weighted by atomic mass is 10.2. The molecule has 146 valence electrons.